The third kappa shape index (κ3) is 4.50. The molecule has 2 saturated carbocycles. The summed E-state index contributed by atoms with van der Waals surface area (Å²) in [5.41, 5.74) is 2.64. The Morgan fingerprint density at radius 3 is 2.29 bits per heavy atom. The number of esters is 1. The normalized spacial score (nSPS) is 42.1. The van der Waals surface area contributed by atoms with Crippen molar-refractivity contribution in [1.82, 2.24) is 0 Å². The molecule has 1 saturated heterocycles. The molecule has 6 nitrogen and oxygen atoms in total. The highest BCUT2D eigenvalue weighted by Gasteiger charge is 2.68. The molecule has 3 aliphatic rings. The van der Waals surface area contributed by atoms with E-state index in [-0.39, 0.29) is 47.8 Å². The van der Waals surface area contributed by atoms with E-state index >= 15 is 0 Å². The van der Waals surface area contributed by atoms with Crippen LogP contribution in [0.15, 0.2) is 23.3 Å². The summed E-state index contributed by atoms with van der Waals surface area (Å²) in [5.74, 6) is -0.220. The summed E-state index contributed by atoms with van der Waals surface area (Å²) in [6.45, 7) is 10.1. The highest BCUT2D eigenvalue weighted by Crippen LogP contribution is 2.62. The lowest BCUT2D eigenvalue weighted by Crippen LogP contribution is -2.57. The number of allylic oxidation sites excluding steroid dienone is 4. The highest BCUT2D eigenvalue weighted by atomic mass is 16.8. The number of methoxy groups -OCH3 is 3. The van der Waals surface area contributed by atoms with Gasteiger partial charge in [0, 0.05) is 40.6 Å². The standard InChI is InChI=1S/C25H40O6/c1-14(2)10-9-11-15(3)18-12-19(30-17(5)26)22-21(18)23-16(4)20(27-6)13-25(23,29-8)31-24(22)28-7/h10-11,16,18-24H,9,12-13H2,1-8H3/b15-11-/t16-,18+,19-,20+,21-,22-,23+,24-,25+/m1/s1. The van der Waals surface area contributed by atoms with Gasteiger partial charge in [0.15, 0.2) is 12.1 Å². The Bertz CT molecular complexity index is 711. The van der Waals surface area contributed by atoms with Crippen molar-refractivity contribution in [2.24, 2.45) is 29.6 Å². The Kier molecular flexibility index (Phi) is 7.67. The molecule has 2 aliphatic carbocycles. The summed E-state index contributed by atoms with van der Waals surface area (Å²) in [6, 6.07) is 0. The van der Waals surface area contributed by atoms with Gasteiger partial charge in [-0.2, -0.15) is 0 Å². The third-order valence-electron chi connectivity index (χ3n) is 7.76. The zero-order valence-electron chi connectivity index (χ0n) is 20.3. The first-order chi connectivity index (χ1) is 14.7. The Labute approximate surface area is 187 Å². The fourth-order valence-electron chi connectivity index (χ4n) is 6.44. The van der Waals surface area contributed by atoms with Crippen LogP contribution in [0, 0.1) is 29.6 Å². The minimum Gasteiger partial charge on any atom is -0.462 e. The van der Waals surface area contributed by atoms with Crippen molar-refractivity contribution in [3.05, 3.63) is 23.3 Å². The molecule has 0 radical (unpaired) electrons. The summed E-state index contributed by atoms with van der Waals surface area (Å²) in [4.78, 5) is 11.9. The van der Waals surface area contributed by atoms with Gasteiger partial charge in [0.25, 0.3) is 0 Å². The predicted molar refractivity (Wildman–Crippen MR) is 118 cm³/mol. The largest absolute Gasteiger partial charge is 0.462 e. The zero-order valence-corrected chi connectivity index (χ0v) is 20.3. The molecule has 0 aromatic heterocycles. The summed E-state index contributed by atoms with van der Waals surface area (Å²) >= 11 is 0. The Morgan fingerprint density at radius 1 is 1.03 bits per heavy atom. The molecule has 9 atom stereocenters. The molecule has 0 amide bonds. The van der Waals surface area contributed by atoms with E-state index in [0.29, 0.717) is 6.42 Å². The van der Waals surface area contributed by atoms with Crippen molar-refractivity contribution in [2.75, 3.05) is 21.3 Å². The van der Waals surface area contributed by atoms with E-state index in [1.807, 2.05) is 0 Å². The third-order valence-corrected chi connectivity index (χ3v) is 7.76. The molecule has 3 rings (SSSR count). The minimum absolute atomic E-state index is 0.0444. The van der Waals surface area contributed by atoms with Crippen molar-refractivity contribution in [3.8, 4) is 0 Å². The number of hydrogen-bond donors (Lipinski definition) is 0. The number of carbonyl (C=O) groups excluding carboxylic acids is 1. The lowest BCUT2D eigenvalue weighted by molar-refractivity contribution is -0.368. The SMILES string of the molecule is CO[C@@H]1O[C@@]2(OC)C[C@H](OC)[C@@H](C)[C@H]2[C@H]2[C@H]1[C@H](OC(C)=O)C[C@H]2/C(C)=C\CC=C(C)C. The van der Waals surface area contributed by atoms with Crippen LogP contribution < -0.4 is 0 Å². The Balaban J connectivity index is 2.05. The van der Waals surface area contributed by atoms with Gasteiger partial charge in [-0.25, -0.2) is 0 Å². The molecule has 0 aromatic rings. The second-order valence-corrected chi connectivity index (χ2v) is 9.71. The van der Waals surface area contributed by atoms with Gasteiger partial charge in [-0.15, -0.1) is 0 Å². The first kappa shape index (κ1) is 24.4. The molecule has 6 heteroatoms. The van der Waals surface area contributed by atoms with Gasteiger partial charge in [0.2, 0.25) is 0 Å². The van der Waals surface area contributed by atoms with Gasteiger partial charge in [-0.3, -0.25) is 4.79 Å². The summed E-state index contributed by atoms with van der Waals surface area (Å²) in [5, 5.41) is 0. The van der Waals surface area contributed by atoms with Crippen molar-refractivity contribution < 1.29 is 28.5 Å². The zero-order chi connectivity index (χ0) is 22.9. The van der Waals surface area contributed by atoms with Gasteiger partial charge in [0.05, 0.1) is 12.0 Å². The lowest BCUT2D eigenvalue weighted by Gasteiger charge is -2.50. The van der Waals surface area contributed by atoms with E-state index in [1.54, 1.807) is 21.3 Å². The van der Waals surface area contributed by atoms with Crippen molar-refractivity contribution in [3.63, 3.8) is 0 Å². The molecule has 0 aromatic carbocycles. The van der Waals surface area contributed by atoms with Crippen LogP contribution in [-0.4, -0.2) is 51.6 Å². The average molecular weight is 437 g/mol. The van der Waals surface area contributed by atoms with Crippen LogP contribution in [0.1, 0.15) is 53.9 Å². The molecule has 31 heavy (non-hydrogen) atoms. The van der Waals surface area contributed by atoms with E-state index in [2.05, 4.69) is 39.8 Å². The van der Waals surface area contributed by atoms with Gasteiger partial charge in [-0.1, -0.05) is 30.2 Å². The summed E-state index contributed by atoms with van der Waals surface area (Å²) in [7, 11) is 5.13. The van der Waals surface area contributed by atoms with Gasteiger partial charge < -0.3 is 23.7 Å². The topological polar surface area (TPSA) is 63.2 Å². The second-order valence-electron chi connectivity index (χ2n) is 9.71. The van der Waals surface area contributed by atoms with Gasteiger partial charge >= 0.3 is 5.97 Å². The molecular weight excluding hydrogens is 396 g/mol. The van der Waals surface area contributed by atoms with Crippen LogP contribution in [0.4, 0.5) is 0 Å². The molecule has 3 fully saturated rings. The van der Waals surface area contributed by atoms with E-state index in [1.165, 1.54) is 18.1 Å². The monoisotopic (exact) mass is 436 g/mol. The summed E-state index contributed by atoms with van der Waals surface area (Å²) in [6.07, 6.45) is 6.20. The average Bonchev–Trinajstić information content (AvgIpc) is 3.22. The number of rotatable bonds is 7. The fraction of sp³-hybridized carbons (Fsp3) is 0.800. The summed E-state index contributed by atoms with van der Waals surface area (Å²) < 4.78 is 30.1. The molecule has 1 heterocycles. The van der Waals surface area contributed by atoms with Gasteiger partial charge in [-0.05, 0) is 51.4 Å². The second kappa shape index (κ2) is 9.74. The molecule has 176 valence electrons. The smallest absolute Gasteiger partial charge is 0.302 e. The lowest BCUT2D eigenvalue weighted by atomic mass is 9.68. The van der Waals surface area contributed by atoms with E-state index in [9.17, 15) is 4.79 Å². The first-order valence-electron chi connectivity index (χ1n) is 11.4. The van der Waals surface area contributed by atoms with Gasteiger partial charge in [0.1, 0.15) is 6.10 Å². The molecule has 0 bridgehead atoms. The van der Waals surface area contributed by atoms with Crippen LogP contribution in [-0.2, 0) is 28.5 Å². The first-order valence-corrected chi connectivity index (χ1v) is 11.4. The minimum atomic E-state index is -0.758. The van der Waals surface area contributed by atoms with Crippen LogP contribution in [0.5, 0.6) is 0 Å². The maximum Gasteiger partial charge on any atom is 0.302 e. The Morgan fingerprint density at radius 2 is 1.74 bits per heavy atom. The number of hydrogen-bond acceptors (Lipinski definition) is 6. The number of carbonyl (C=O) groups is 1. The van der Waals surface area contributed by atoms with Crippen molar-refractivity contribution in [1.29, 1.82) is 0 Å². The van der Waals surface area contributed by atoms with Crippen LogP contribution in [0.25, 0.3) is 0 Å². The number of fused-ring (bicyclic) bond motifs is 3. The quantitative estimate of drug-likeness (QED) is 0.433. The van der Waals surface area contributed by atoms with E-state index in [0.717, 1.165) is 12.8 Å². The van der Waals surface area contributed by atoms with E-state index in [4.69, 9.17) is 23.7 Å². The molecule has 1 aliphatic heterocycles. The molecule has 0 unspecified atom stereocenters. The van der Waals surface area contributed by atoms with Crippen LogP contribution in [0.3, 0.4) is 0 Å². The fourth-order valence-corrected chi connectivity index (χ4v) is 6.44. The van der Waals surface area contributed by atoms with E-state index < -0.39 is 12.1 Å². The molecule has 0 N–H and O–H groups in total. The highest BCUT2D eigenvalue weighted by molar-refractivity contribution is 5.66. The molecular formula is C25H40O6. The van der Waals surface area contributed by atoms with Crippen molar-refractivity contribution >= 4 is 5.97 Å². The van der Waals surface area contributed by atoms with Crippen molar-refractivity contribution in [2.45, 2.75) is 78.2 Å². The predicted octanol–water partition coefficient (Wildman–Crippen LogP) is 4.49. The maximum absolute atomic E-state index is 11.9. The van der Waals surface area contributed by atoms with Crippen LogP contribution in [0.2, 0.25) is 0 Å². The maximum atomic E-state index is 11.9. The number of ether oxygens (including phenoxy) is 5. The molecule has 0 spiro atoms. The van der Waals surface area contributed by atoms with Crippen LogP contribution >= 0.6 is 0 Å². The Hall–Kier alpha value is -1.21.